The molecule has 70 valence electrons. The third-order valence-electron chi connectivity index (χ3n) is 2.33. The molecule has 4 nitrogen and oxygen atoms in total. The van der Waals surface area contributed by atoms with Crippen molar-refractivity contribution < 1.29 is 4.74 Å². The maximum Gasteiger partial charge on any atom is 0.134 e. The van der Waals surface area contributed by atoms with Crippen molar-refractivity contribution in [2.45, 2.75) is 19.1 Å². The Morgan fingerprint density at radius 1 is 1.69 bits per heavy atom. The summed E-state index contributed by atoms with van der Waals surface area (Å²) in [6.45, 7) is 1.98. The monoisotopic (exact) mass is 179 g/mol. The molecule has 13 heavy (non-hydrogen) atoms. The fraction of sp³-hybridized carbons (Fsp3) is 0.444. The second kappa shape index (κ2) is 3.22. The molecule has 3 N–H and O–H groups in total. The minimum atomic E-state index is 0.0266. The Kier molecular flexibility index (Phi) is 2.06. The molecule has 0 fully saturated rings. The van der Waals surface area contributed by atoms with Crippen LogP contribution in [0, 0.1) is 5.92 Å². The van der Waals surface area contributed by atoms with Crippen molar-refractivity contribution in [3.8, 4) is 0 Å². The van der Waals surface area contributed by atoms with Gasteiger partial charge in [0.25, 0.3) is 0 Å². The highest BCUT2D eigenvalue weighted by atomic mass is 16.5. The van der Waals surface area contributed by atoms with Crippen LogP contribution < -0.4 is 5.73 Å². The smallest absolute Gasteiger partial charge is 0.134 e. The topological polar surface area (TPSA) is 63.9 Å². The highest BCUT2D eigenvalue weighted by Gasteiger charge is 2.29. The van der Waals surface area contributed by atoms with Crippen LogP contribution in [-0.4, -0.2) is 16.2 Å². The quantitative estimate of drug-likeness (QED) is 0.710. The molecule has 1 aliphatic rings. The van der Waals surface area contributed by atoms with E-state index in [9.17, 15) is 0 Å². The van der Waals surface area contributed by atoms with Gasteiger partial charge in [-0.3, -0.25) is 5.10 Å². The van der Waals surface area contributed by atoms with Crippen molar-refractivity contribution in [2.24, 2.45) is 11.7 Å². The number of nitrogens with one attached hydrogen (secondary N) is 1. The summed E-state index contributed by atoms with van der Waals surface area (Å²) in [5.74, 6) is 0.248. The predicted octanol–water partition coefficient (Wildman–Crippen LogP) is 0.958. The van der Waals surface area contributed by atoms with Gasteiger partial charge >= 0.3 is 0 Å². The van der Waals surface area contributed by atoms with Crippen molar-refractivity contribution >= 4 is 0 Å². The fourth-order valence-corrected chi connectivity index (χ4v) is 1.58. The molecule has 0 radical (unpaired) electrons. The van der Waals surface area contributed by atoms with E-state index < -0.39 is 0 Å². The lowest BCUT2D eigenvalue weighted by atomic mass is 9.93. The van der Waals surface area contributed by atoms with Crippen LogP contribution in [0.1, 0.15) is 18.6 Å². The number of ether oxygens (including phenoxy) is 1. The van der Waals surface area contributed by atoms with Gasteiger partial charge < -0.3 is 10.5 Å². The number of aromatic amines is 1. The van der Waals surface area contributed by atoms with Gasteiger partial charge in [-0.2, -0.15) is 5.10 Å². The number of H-pyrrole nitrogens is 1. The molecule has 0 bridgehead atoms. The van der Waals surface area contributed by atoms with Crippen molar-refractivity contribution in [3.05, 3.63) is 30.3 Å². The summed E-state index contributed by atoms with van der Waals surface area (Å²) in [6.07, 6.45) is 7.35. The average Bonchev–Trinajstić information content (AvgIpc) is 2.74. The average molecular weight is 179 g/mol. The summed E-state index contributed by atoms with van der Waals surface area (Å²) in [5, 5.41) is 6.65. The van der Waals surface area contributed by atoms with Crippen LogP contribution >= 0.6 is 0 Å². The van der Waals surface area contributed by atoms with Gasteiger partial charge in [-0.15, -0.1) is 0 Å². The van der Waals surface area contributed by atoms with Gasteiger partial charge in [0.2, 0.25) is 0 Å². The van der Waals surface area contributed by atoms with E-state index in [1.54, 1.807) is 12.5 Å². The minimum absolute atomic E-state index is 0.0266. The number of nitrogens with zero attached hydrogens (tertiary/aromatic N) is 1. The van der Waals surface area contributed by atoms with Gasteiger partial charge in [-0.25, -0.2) is 0 Å². The predicted molar refractivity (Wildman–Crippen MR) is 48.7 cm³/mol. The Bertz CT molecular complexity index is 292. The van der Waals surface area contributed by atoms with Crippen molar-refractivity contribution in [3.63, 3.8) is 0 Å². The number of hydrogen-bond donors (Lipinski definition) is 2. The zero-order valence-corrected chi connectivity index (χ0v) is 7.47. The van der Waals surface area contributed by atoms with Gasteiger partial charge in [-0.05, 0) is 13.0 Å². The number of aromatic nitrogens is 2. The Morgan fingerprint density at radius 3 is 3.15 bits per heavy atom. The molecule has 3 atom stereocenters. The molecule has 1 aromatic heterocycles. The Balaban J connectivity index is 2.17. The van der Waals surface area contributed by atoms with E-state index in [0.29, 0.717) is 0 Å². The first-order chi connectivity index (χ1) is 6.29. The molecular weight excluding hydrogens is 166 g/mol. The SMILES string of the molecule is CC(N)C1C=CO[C@@H]1c1cn[nH]c1. The normalized spacial score (nSPS) is 28.8. The van der Waals surface area contributed by atoms with E-state index in [-0.39, 0.29) is 18.1 Å². The third-order valence-corrected chi connectivity index (χ3v) is 2.33. The van der Waals surface area contributed by atoms with Crippen molar-refractivity contribution in [2.75, 3.05) is 0 Å². The summed E-state index contributed by atoms with van der Waals surface area (Å²) in [7, 11) is 0. The van der Waals surface area contributed by atoms with Crippen molar-refractivity contribution in [1.29, 1.82) is 0 Å². The zero-order valence-electron chi connectivity index (χ0n) is 7.47. The van der Waals surface area contributed by atoms with Crippen LogP contribution in [-0.2, 0) is 4.74 Å². The van der Waals surface area contributed by atoms with Gasteiger partial charge in [-0.1, -0.05) is 0 Å². The van der Waals surface area contributed by atoms with Crippen LogP contribution in [0.15, 0.2) is 24.7 Å². The van der Waals surface area contributed by atoms with E-state index in [1.807, 2.05) is 19.2 Å². The molecule has 0 saturated carbocycles. The Morgan fingerprint density at radius 2 is 2.54 bits per heavy atom. The van der Waals surface area contributed by atoms with Crippen LogP contribution in [0.5, 0.6) is 0 Å². The molecular formula is C9H13N3O. The molecule has 1 aromatic rings. The molecule has 2 rings (SSSR count). The first-order valence-corrected chi connectivity index (χ1v) is 4.35. The number of hydrogen-bond acceptors (Lipinski definition) is 3. The summed E-state index contributed by atoms with van der Waals surface area (Å²) in [5.41, 5.74) is 6.88. The molecule has 4 heteroatoms. The zero-order chi connectivity index (χ0) is 9.26. The molecule has 2 heterocycles. The first kappa shape index (κ1) is 8.31. The second-order valence-corrected chi connectivity index (χ2v) is 3.35. The number of rotatable bonds is 2. The molecule has 0 aromatic carbocycles. The lowest BCUT2D eigenvalue weighted by molar-refractivity contribution is 0.127. The summed E-state index contributed by atoms with van der Waals surface area (Å²) in [4.78, 5) is 0. The largest absolute Gasteiger partial charge is 0.493 e. The van der Waals surface area contributed by atoms with E-state index in [1.165, 1.54) is 0 Å². The second-order valence-electron chi connectivity index (χ2n) is 3.35. The van der Waals surface area contributed by atoms with E-state index in [0.717, 1.165) is 5.56 Å². The lowest BCUT2D eigenvalue weighted by Crippen LogP contribution is -2.28. The van der Waals surface area contributed by atoms with Crippen LogP contribution in [0.2, 0.25) is 0 Å². The van der Waals surface area contributed by atoms with E-state index in [2.05, 4.69) is 10.2 Å². The molecule has 0 spiro atoms. The summed E-state index contributed by atoms with van der Waals surface area (Å²) < 4.78 is 5.45. The fourth-order valence-electron chi connectivity index (χ4n) is 1.58. The van der Waals surface area contributed by atoms with Gasteiger partial charge in [0.15, 0.2) is 0 Å². The third kappa shape index (κ3) is 1.45. The highest BCUT2D eigenvalue weighted by Crippen LogP contribution is 2.33. The first-order valence-electron chi connectivity index (χ1n) is 4.35. The molecule has 0 saturated heterocycles. The van der Waals surface area contributed by atoms with Crippen molar-refractivity contribution in [1.82, 2.24) is 10.2 Å². The summed E-state index contributed by atoms with van der Waals surface area (Å²) >= 11 is 0. The van der Waals surface area contributed by atoms with Gasteiger partial charge in [0.1, 0.15) is 6.10 Å². The highest BCUT2D eigenvalue weighted by molar-refractivity contribution is 5.15. The van der Waals surface area contributed by atoms with E-state index >= 15 is 0 Å². The van der Waals surface area contributed by atoms with Crippen LogP contribution in [0.25, 0.3) is 0 Å². The van der Waals surface area contributed by atoms with Crippen LogP contribution in [0.3, 0.4) is 0 Å². The minimum Gasteiger partial charge on any atom is -0.493 e. The van der Waals surface area contributed by atoms with Gasteiger partial charge in [0.05, 0.1) is 12.5 Å². The van der Waals surface area contributed by atoms with Gasteiger partial charge in [0, 0.05) is 23.7 Å². The van der Waals surface area contributed by atoms with E-state index in [4.69, 9.17) is 10.5 Å². The molecule has 0 aliphatic carbocycles. The standard InChI is InChI=1S/C9H13N3O/c1-6(10)8-2-3-13-9(8)7-4-11-12-5-7/h2-6,8-9H,10H2,1H3,(H,11,12)/t6?,8?,9-/m1/s1. The number of nitrogens with two attached hydrogens (primary N) is 1. The summed E-state index contributed by atoms with van der Waals surface area (Å²) in [6, 6.07) is 0.0960. The molecule has 2 unspecified atom stereocenters. The molecule has 1 aliphatic heterocycles. The molecule has 0 amide bonds. The van der Waals surface area contributed by atoms with Crippen LogP contribution in [0.4, 0.5) is 0 Å². The Hall–Kier alpha value is -1.29. The maximum atomic E-state index is 5.83. The Labute approximate surface area is 76.8 Å². The maximum absolute atomic E-state index is 5.83. The lowest BCUT2D eigenvalue weighted by Gasteiger charge is -2.20.